The van der Waals surface area contributed by atoms with Gasteiger partial charge in [-0.2, -0.15) is 0 Å². The highest BCUT2D eigenvalue weighted by molar-refractivity contribution is 5.58. The minimum Gasteiger partial charge on any atom is -0.370 e. The van der Waals surface area contributed by atoms with E-state index in [1.165, 1.54) is 6.42 Å². The summed E-state index contributed by atoms with van der Waals surface area (Å²) in [6, 6.07) is 0.427. The number of anilines is 2. The Kier molecular flexibility index (Phi) is 5.78. The van der Waals surface area contributed by atoms with E-state index < -0.39 is 0 Å². The summed E-state index contributed by atoms with van der Waals surface area (Å²) in [6.07, 6.45) is 2.31. The van der Waals surface area contributed by atoms with Crippen LogP contribution in [-0.4, -0.2) is 22.6 Å². The van der Waals surface area contributed by atoms with Crippen LogP contribution in [0, 0.1) is 6.92 Å². The molecule has 0 spiro atoms. The van der Waals surface area contributed by atoms with Gasteiger partial charge in [0.05, 0.1) is 0 Å². The topological polar surface area (TPSA) is 49.8 Å². The standard InChI is InChI=1S/C16H30N4/c1-8-10-11(3)18-14-12(4)13(17-9-2)19-15(20-14)16(5,6)7/h11H,8-10H2,1-7H3,(H2,17,18,19,20). The van der Waals surface area contributed by atoms with Crippen LogP contribution in [0.1, 0.15) is 65.8 Å². The summed E-state index contributed by atoms with van der Waals surface area (Å²) >= 11 is 0. The third-order valence-electron chi connectivity index (χ3n) is 3.27. The van der Waals surface area contributed by atoms with Crippen LogP contribution in [0.15, 0.2) is 0 Å². The van der Waals surface area contributed by atoms with Crippen molar-refractivity contribution in [1.29, 1.82) is 0 Å². The van der Waals surface area contributed by atoms with Gasteiger partial charge in [-0.05, 0) is 27.2 Å². The molecule has 1 atom stereocenters. The van der Waals surface area contributed by atoms with E-state index in [1.807, 2.05) is 0 Å². The largest absolute Gasteiger partial charge is 0.370 e. The average Bonchev–Trinajstić information content (AvgIpc) is 2.33. The Morgan fingerprint density at radius 1 is 1.10 bits per heavy atom. The van der Waals surface area contributed by atoms with Gasteiger partial charge in [0.25, 0.3) is 0 Å². The molecule has 1 aromatic rings. The van der Waals surface area contributed by atoms with Crippen molar-refractivity contribution in [1.82, 2.24) is 9.97 Å². The Hall–Kier alpha value is -1.32. The molecular formula is C16H30N4. The second-order valence-corrected chi connectivity index (χ2v) is 6.48. The molecule has 4 nitrogen and oxygen atoms in total. The number of hydrogen-bond donors (Lipinski definition) is 2. The van der Waals surface area contributed by atoms with Crippen molar-refractivity contribution >= 4 is 11.6 Å². The Labute approximate surface area is 123 Å². The Bertz CT molecular complexity index is 435. The van der Waals surface area contributed by atoms with Gasteiger partial charge in [0.2, 0.25) is 0 Å². The lowest BCUT2D eigenvalue weighted by Gasteiger charge is -2.23. The van der Waals surface area contributed by atoms with Crippen molar-refractivity contribution in [2.24, 2.45) is 0 Å². The van der Waals surface area contributed by atoms with Crippen LogP contribution >= 0.6 is 0 Å². The van der Waals surface area contributed by atoms with Gasteiger partial charge in [-0.1, -0.05) is 34.1 Å². The lowest BCUT2D eigenvalue weighted by Crippen LogP contribution is -2.22. The molecule has 0 amide bonds. The molecule has 0 aliphatic heterocycles. The maximum Gasteiger partial charge on any atom is 0.138 e. The Balaban J connectivity index is 3.16. The predicted molar refractivity (Wildman–Crippen MR) is 87.6 cm³/mol. The van der Waals surface area contributed by atoms with Crippen LogP contribution in [-0.2, 0) is 5.41 Å². The van der Waals surface area contributed by atoms with Gasteiger partial charge in [-0.15, -0.1) is 0 Å². The molecule has 20 heavy (non-hydrogen) atoms. The van der Waals surface area contributed by atoms with E-state index in [1.54, 1.807) is 0 Å². The van der Waals surface area contributed by atoms with Crippen molar-refractivity contribution < 1.29 is 0 Å². The summed E-state index contributed by atoms with van der Waals surface area (Å²) in [4.78, 5) is 9.43. The lowest BCUT2D eigenvalue weighted by molar-refractivity contribution is 0.545. The SMILES string of the molecule is CCCC(C)Nc1nc(C(C)(C)C)nc(NCC)c1C. The van der Waals surface area contributed by atoms with E-state index in [9.17, 15) is 0 Å². The third-order valence-corrected chi connectivity index (χ3v) is 3.27. The summed E-state index contributed by atoms with van der Waals surface area (Å²) in [6.45, 7) is 15.9. The zero-order valence-electron chi connectivity index (χ0n) is 14.1. The molecule has 0 aliphatic carbocycles. The molecule has 0 radical (unpaired) electrons. The van der Waals surface area contributed by atoms with Crippen LogP contribution in [0.5, 0.6) is 0 Å². The normalized spacial score (nSPS) is 13.2. The molecule has 4 heteroatoms. The zero-order valence-corrected chi connectivity index (χ0v) is 14.1. The van der Waals surface area contributed by atoms with E-state index in [0.717, 1.165) is 36.0 Å². The predicted octanol–water partition coefficient (Wildman–Crippen LogP) is 4.11. The molecule has 0 aromatic carbocycles. The van der Waals surface area contributed by atoms with Gasteiger partial charge in [-0.3, -0.25) is 0 Å². The highest BCUT2D eigenvalue weighted by Crippen LogP contribution is 2.26. The van der Waals surface area contributed by atoms with Crippen molar-refractivity contribution in [2.45, 2.75) is 72.8 Å². The molecule has 1 heterocycles. The van der Waals surface area contributed by atoms with E-state index in [2.05, 4.69) is 64.1 Å². The Morgan fingerprint density at radius 3 is 2.20 bits per heavy atom. The van der Waals surface area contributed by atoms with Crippen molar-refractivity contribution in [3.63, 3.8) is 0 Å². The maximum atomic E-state index is 4.75. The lowest BCUT2D eigenvalue weighted by atomic mass is 9.95. The molecular weight excluding hydrogens is 248 g/mol. The van der Waals surface area contributed by atoms with Crippen LogP contribution in [0.2, 0.25) is 0 Å². The number of nitrogens with zero attached hydrogens (tertiary/aromatic N) is 2. The van der Waals surface area contributed by atoms with Crippen molar-refractivity contribution in [3.8, 4) is 0 Å². The first-order valence-corrected chi connectivity index (χ1v) is 7.69. The first-order valence-electron chi connectivity index (χ1n) is 7.69. The average molecular weight is 278 g/mol. The van der Waals surface area contributed by atoms with Crippen molar-refractivity contribution in [2.75, 3.05) is 17.2 Å². The zero-order chi connectivity index (χ0) is 15.3. The number of rotatable bonds is 6. The van der Waals surface area contributed by atoms with Gasteiger partial charge in [-0.25, -0.2) is 9.97 Å². The molecule has 1 unspecified atom stereocenters. The molecule has 114 valence electrons. The summed E-state index contributed by atoms with van der Waals surface area (Å²) in [5.41, 5.74) is 1.05. The summed E-state index contributed by atoms with van der Waals surface area (Å²) < 4.78 is 0. The third kappa shape index (κ3) is 4.36. The number of nitrogens with one attached hydrogen (secondary N) is 2. The molecule has 0 saturated heterocycles. The second-order valence-electron chi connectivity index (χ2n) is 6.48. The van der Waals surface area contributed by atoms with Gasteiger partial charge in [0, 0.05) is 23.6 Å². The summed E-state index contributed by atoms with van der Waals surface area (Å²) in [5, 5.41) is 6.87. The van der Waals surface area contributed by atoms with Gasteiger partial charge < -0.3 is 10.6 Å². The number of hydrogen-bond acceptors (Lipinski definition) is 4. The molecule has 0 aliphatic rings. The highest BCUT2D eigenvalue weighted by Gasteiger charge is 2.21. The van der Waals surface area contributed by atoms with E-state index in [-0.39, 0.29) is 5.41 Å². The van der Waals surface area contributed by atoms with Crippen LogP contribution in [0.4, 0.5) is 11.6 Å². The summed E-state index contributed by atoms with van der Waals surface area (Å²) in [5.74, 6) is 2.78. The fraction of sp³-hybridized carbons (Fsp3) is 0.750. The molecule has 2 N–H and O–H groups in total. The highest BCUT2D eigenvalue weighted by atomic mass is 15.1. The minimum absolute atomic E-state index is 0.0533. The van der Waals surface area contributed by atoms with E-state index in [4.69, 9.17) is 4.98 Å². The van der Waals surface area contributed by atoms with Gasteiger partial charge in [0.1, 0.15) is 17.5 Å². The second kappa shape index (κ2) is 6.91. The Morgan fingerprint density at radius 2 is 1.70 bits per heavy atom. The molecule has 0 fully saturated rings. The smallest absolute Gasteiger partial charge is 0.138 e. The van der Waals surface area contributed by atoms with Crippen LogP contribution in [0.25, 0.3) is 0 Å². The van der Waals surface area contributed by atoms with Gasteiger partial charge >= 0.3 is 0 Å². The van der Waals surface area contributed by atoms with E-state index >= 15 is 0 Å². The first-order chi connectivity index (χ1) is 9.29. The molecule has 0 bridgehead atoms. The fourth-order valence-electron chi connectivity index (χ4n) is 2.07. The monoisotopic (exact) mass is 278 g/mol. The fourth-order valence-corrected chi connectivity index (χ4v) is 2.07. The minimum atomic E-state index is -0.0533. The summed E-state index contributed by atoms with van der Waals surface area (Å²) in [7, 11) is 0. The van der Waals surface area contributed by atoms with Crippen LogP contribution in [0.3, 0.4) is 0 Å². The molecule has 1 rings (SSSR count). The van der Waals surface area contributed by atoms with Crippen molar-refractivity contribution in [3.05, 3.63) is 11.4 Å². The van der Waals surface area contributed by atoms with E-state index in [0.29, 0.717) is 6.04 Å². The first kappa shape index (κ1) is 16.7. The van der Waals surface area contributed by atoms with Crippen LogP contribution < -0.4 is 10.6 Å². The maximum absolute atomic E-state index is 4.75. The number of aromatic nitrogens is 2. The molecule has 0 saturated carbocycles. The molecule has 1 aromatic heterocycles. The van der Waals surface area contributed by atoms with Gasteiger partial charge in [0.15, 0.2) is 0 Å². The quantitative estimate of drug-likeness (QED) is 0.822.